The van der Waals surface area contributed by atoms with Gasteiger partial charge in [-0.15, -0.1) is 0 Å². The van der Waals surface area contributed by atoms with Crippen molar-refractivity contribution in [2.75, 3.05) is 38.3 Å². The standard InChI is InChI=1S/C21H19Cl2N3O2S/c1-25-20(27)19(13-14-2-7-17(22)18(23)12-14)29-21(25)24-15-3-5-16(6-4-15)26-8-10-28-11-9-26/h2-7,12-13H,8-11H2,1H3/b19-13-,24-21?. The van der Waals surface area contributed by atoms with Crippen molar-refractivity contribution in [1.29, 1.82) is 0 Å². The monoisotopic (exact) mass is 447 g/mol. The molecular formula is C21H19Cl2N3O2S. The number of rotatable bonds is 3. The number of anilines is 1. The van der Waals surface area contributed by atoms with Crippen molar-refractivity contribution in [2.45, 2.75) is 0 Å². The highest BCUT2D eigenvalue weighted by molar-refractivity contribution is 8.18. The van der Waals surface area contributed by atoms with Crippen LogP contribution in [0.25, 0.3) is 6.08 Å². The molecule has 5 nitrogen and oxygen atoms in total. The number of benzene rings is 2. The van der Waals surface area contributed by atoms with Crippen molar-refractivity contribution in [3.8, 4) is 0 Å². The highest BCUT2D eigenvalue weighted by Gasteiger charge is 2.30. The molecule has 0 bridgehead atoms. The van der Waals surface area contributed by atoms with Crippen LogP contribution >= 0.6 is 35.0 Å². The molecule has 0 radical (unpaired) electrons. The molecule has 2 aliphatic heterocycles. The van der Waals surface area contributed by atoms with E-state index in [1.54, 1.807) is 30.2 Å². The largest absolute Gasteiger partial charge is 0.378 e. The Morgan fingerprint density at radius 1 is 1.07 bits per heavy atom. The van der Waals surface area contributed by atoms with Gasteiger partial charge in [-0.25, -0.2) is 4.99 Å². The molecule has 0 saturated carbocycles. The molecule has 0 atom stereocenters. The molecule has 150 valence electrons. The van der Waals surface area contributed by atoms with Gasteiger partial charge in [0.05, 0.1) is 33.9 Å². The maximum Gasteiger partial charge on any atom is 0.266 e. The molecule has 2 aromatic rings. The van der Waals surface area contributed by atoms with Gasteiger partial charge in [-0.3, -0.25) is 9.69 Å². The Kier molecular flexibility index (Phi) is 6.15. The first-order chi connectivity index (χ1) is 14.0. The van der Waals surface area contributed by atoms with Crippen LogP contribution in [0, 0.1) is 0 Å². The quantitative estimate of drug-likeness (QED) is 0.616. The highest BCUT2D eigenvalue weighted by Crippen LogP contribution is 2.34. The van der Waals surface area contributed by atoms with Gasteiger partial charge >= 0.3 is 0 Å². The van der Waals surface area contributed by atoms with Crippen molar-refractivity contribution in [2.24, 2.45) is 4.99 Å². The van der Waals surface area contributed by atoms with E-state index < -0.39 is 0 Å². The average molecular weight is 448 g/mol. The lowest BCUT2D eigenvalue weighted by Gasteiger charge is -2.28. The molecule has 0 N–H and O–H groups in total. The first-order valence-corrected chi connectivity index (χ1v) is 10.7. The van der Waals surface area contributed by atoms with Crippen molar-refractivity contribution in [1.82, 2.24) is 4.90 Å². The molecule has 1 amide bonds. The minimum absolute atomic E-state index is 0.0928. The SMILES string of the molecule is CN1C(=O)/C(=C/c2ccc(Cl)c(Cl)c2)SC1=Nc1ccc(N2CCOCC2)cc1. The number of carbonyl (C=O) groups is 1. The van der Waals surface area contributed by atoms with Crippen LogP contribution in [0.2, 0.25) is 10.0 Å². The first-order valence-electron chi connectivity index (χ1n) is 9.15. The molecule has 29 heavy (non-hydrogen) atoms. The molecule has 2 aliphatic rings. The summed E-state index contributed by atoms with van der Waals surface area (Å²) >= 11 is 13.4. The molecular weight excluding hydrogens is 429 g/mol. The van der Waals surface area contributed by atoms with E-state index in [9.17, 15) is 4.79 Å². The number of nitrogens with zero attached hydrogens (tertiary/aromatic N) is 3. The van der Waals surface area contributed by atoms with Gasteiger partial charge in [-0.2, -0.15) is 0 Å². The summed E-state index contributed by atoms with van der Waals surface area (Å²) in [5.41, 5.74) is 2.78. The van der Waals surface area contributed by atoms with Crippen LogP contribution in [0.4, 0.5) is 11.4 Å². The lowest BCUT2D eigenvalue weighted by Crippen LogP contribution is -2.36. The minimum atomic E-state index is -0.0928. The molecule has 0 aromatic heterocycles. The number of amides is 1. The van der Waals surface area contributed by atoms with Crippen LogP contribution in [0.5, 0.6) is 0 Å². The van der Waals surface area contributed by atoms with Gasteiger partial charge in [0.15, 0.2) is 5.17 Å². The first kappa shape index (κ1) is 20.3. The molecule has 2 heterocycles. The van der Waals surface area contributed by atoms with E-state index in [1.165, 1.54) is 11.8 Å². The Hall–Kier alpha value is -1.99. The number of carbonyl (C=O) groups excluding carboxylic acids is 1. The maximum atomic E-state index is 12.6. The van der Waals surface area contributed by atoms with Crippen molar-refractivity contribution < 1.29 is 9.53 Å². The Bertz CT molecular complexity index is 986. The van der Waals surface area contributed by atoms with Crippen molar-refractivity contribution >= 4 is 63.5 Å². The fourth-order valence-electron chi connectivity index (χ4n) is 3.08. The lowest BCUT2D eigenvalue weighted by atomic mass is 10.2. The van der Waals surface area contributed by atoms with Crippen molar-refractivity contribution in [3.05, 3.63) is 63.0 Å². The molecule has 4 rings (SSSR count). The summed E-state index contributed by atoms with van der Waals surface area (Å²) in [6.07, 6.45) is 1.80. The smallest absolute Gasteiger partial charge is 0.266 e. The molecule has 0 aliphatic carbocycles. The Balaban J connectivity index is 1.52. The van der Waals surface area contributed by atoms with Crippen LogP contribution in [0.1, 0.15) is 5.56 Å². The van der Waals surface area contributed by atoms with E-state index in [0.717, 1.165) is 43.2 Å². The summed E-state index contributed by atoms with van der Waals surface area (Å²) in [6, 6.07) is 13.3. The number of hydrogen-bond acceptors (Lipinski definition) is 5. The van der Waals surface area contributed by atoms with Gasteiger partial charge in [0.25, 0.3) is 5.91 Å². The number of ether oxygens (including phenoxy) is 1. The van der Waals surface area contributed by atoms with Crippen molar-refractivity contribution in [3.63, 3.8) is 0 Å². The minimum Gasteiger partial charge on any atom is -0.378 e. The number of halogens is 2. The molecule has 0 spiro atoms. The highest BCUT2D eigenvalue weighted by atomic mass is 35.5. The average Bonchev–Trinajstić information content (AvgIpc) is 3.00. The van der Waals surface area contributed by atoms with Gasteiger partial charge < -0.3 is 9.64 Å². The lowest BCUT2D eigenvalue weighted by molar-refractivity contribution is -0.121. The van der Waals surface area contributed by atoms with Crippen LogP contribution in [-0.4, -0.2) is 49.3 Å². The van der Waals surface area contributed by atoms with E-state index in [1.807, 2.05) is 18.2 Å². The zero-order chi connectivity index (χ0) is 20.4. The normalized spacial score (nSPS) is 20.2. The van der Waals surface area contributed by atoms with Crippen LogP contribution in [-0.2, 0) is 9.53 Å². The third kappa shape index (κ3) is 4.61. The maximum absolute atomic E-state index is 12.6. The summed E-state index contributed by atoms with van der Waals surface area (Å²) < 4.78 is 5.40. The summed E-state index contributed by atoms with van der Waals surface area (Å²) in [4.78, 5) is 21.7. The summed E-state index contributed by atoms with van der Waals surface area (Å²) in [5.74, 6) is -0.0928. The predicted octanol–water partition coefficient (Wildman–Crippen LogP) is 5.06. The van der Waals surface area contributed by atoms with E-state index >= 15 is 0 Å². The molecule has 2 aromatic carbocycles. The second-order valence-corrected chi connectivity index (χ2v) is 8.48. The van der Waals surface area contributed by atoms with E-state index in [4.69, 9.17) is 27.9 Å². The fourth-order valence-corrected chi connectivity index (χ4v) is 4.37. The van der Waals surface area contributed by atoms with Gasteiger partial charge in [0.1, 0.15) is 0 Å². The zero-order valence-electron chi connectivity index (χ0n) is 15.8. The molecule has 8 heteroatoms. The molecule has 2 saturated heterocycles. The number of amidine groups is 1. The Morgan fingerprint density at radius 3 is 2.48 bits per heavy atom. The van der Waals surface area contributed by atoms with Crippen LogP contribution < -0.4 is 4.90 Å². The van der Waals surface area contributed by atoms with Gasteiger partial charge in [0, 0.05) is 25.8 Å². The third-order valence-corrected chi connectivity index (χ3v) is 6.49. The fraction of sp³-hybridized carbons (Fsp3) is 0.238. The number of morpholine rings is 1. The second-order valence-electron chi connectivity index (χ2n) is 6.66. The topological polar surface area (TPSA) is 45.1 Å². The summed E-state index contributed by atoms with van der Waals surface area (Å²) in [6.45, 7) is 3.29. The number of thioether (sulfide) groups is 1. The van der Waals surface area contributed by atoms with Gasteiger partial charge in [-0.05, 0) is 59.8 Å². The zero-order valence-corrected chi connectivity index (χ0v) is 18.1. The van der Waals surface area contributed by atoms with E-state index in [2.05, 4.69) is 22.0 Å². The number of aliphatic imine (C=N–C) groups is 1. The van der Waals surface area contributed by atoms with Crippen LogP contribution in [0.3, 0.4) is 0 Å². The Labute approximate surface area is 183 Å². The number of hydrogen-bond donors (Lipinski definition) is 0. The number of likely N-dealkylation sites (N-methyl/N-ethyl adjacent to an activating group) is 1. The van der Waals surface area contributed by atoms with E-state index in [0.29, 0.717) is 20.1 Å². The van der Waals surface area contributed by atoms with Gasteiger partial charge in [0.2, 0.25) is 0 Å². The Morgan fingerprint density at radius 2 is 1.79 bits per heavy atom. The predicted molar refractivity (Wildman–Crippen MR) is 121 cm³/mol. The van der Waals surface area contributed by atoms with Crippen LogP contribution in [0.15, 0.2) is 52.4 Å². The van der Waals surface area contributed by atoms with E-state index in [-0.39, 0.29) is 5.91 Å². The third-order valence-electron chi connectivity index (χ3n) is 4.70. The summed E-state index contributed by atoms with van der Waals surface area (Å²) in [5, 5.41) is 1.58. The summed E-state index contributed by atoms with van der Waals surface area (Å²) in [7, 11) is 1.73. The molecule has 0 unspecified atom stereocenters. The molecule has 2 fully saturated rings. The second kappa shape index (κ2) is 8.79. The van der Waals surface area contributed by atoms with Gasteiger partial charge in [-0.1, -0.05) is 29.3 Å².